The molecule has 9 heteroatoms. The summed E-state index contributed by atoms with van der Waals surface area (Å²) in [5.41, 5.74) is 5.10. The van der Waals surface area contributed by atoms with Gasteiger partial charge in [-0.1, -0.05) is 43.7 Å². The van der Waals surface area contributed by atoms with Crippen molar-refractivity contribution in [1.29, 1.82) is 0 Å². The van der Waals surface area contributed by atoms with Crippen LogP contribution in [-0.2, 0) is 30.7 Å². The first-order valence-electron chi connectivity index (χ1n) is 18.9. The molecule has 3 heterocycles. The molecule has 0 spiro atoms. The number of hydrogen-bond acceptors (Lipinski definition) is 7. The molecule has 7 rings (SSSR count). The molecule has 0 radical (unpaired) electrons. The van der Waals surface area contributed by atoms with Crippen LogP contribution in [0.3, 0.4) is 0 Å². The normalized spacial score (nSPS) is 24.5. The Balaban J connectivity index is 1.14. The lowest BCUT2D eigenvalue weighted by atomic mass is 9.78. The molecule has 4 aliphatic rings. The molecular weight excluding hydrogens is 598 g/mol. The fourth-order valence-corrected chi connectivity index (χ4v) is 8.53. The zero-order valence-corrected chi connectivity index (χ0v) is 28.8. The number of nitrogens with one attached hydrogen (secondary N) is 2. The minimum atomic E-state index is -0.639. The van der Waals surface area contributed by atoms with Crippen LogP contribution in [0.5, 0.6) is 0 Å². The van der Waals surface area contributed by atoms with Crippen LogP contribution in [0.25, 0.3) is 0 Å². The molecule has 258 valence electrons. The maximum absolute atomic E-state index is 11.5. The van der Waals surface area contributed by atoms with Crippen molar-refractivity contribution in [2.75, 3.05) is 25.0 Å². The molecule has 0 bridgehead atoms. The van der Waals surface area contributed by atoms with Crippen LogP contribution in [0.15, 0.2) is 42.7 Å². The second kappa shape index (κ2) is 15.5. The molecule has 3 aliphatic carbocycles. The predicted octanol–water partition coefficient (Wildman–Crippen LogP) is 6.75. The van der Waals surface area contributed by atoms with Gasteiger partial charge in [-0.2, -0.15) is 5.10 Å². The van der Waals surface area contributed by atoms with Crippen LogP contribution in [-0.4, -0.2) is 61.4 Å². The van der Waals surface area contributed by atoms with E-state index in [4.69, 9.17) is 15.1 Å². The van der Waals surface area contributed by atoms with Crippen molar-refractivity contribution >= 4 is 11.8 Å². The molecule has 0 amide bonds. The Morgan fingerprint density at radius 2 is 1.79 bits per heavy atom. The lowest BCUT2D eigenvalue weighted by Crippen LogP contribution is -2.38. The van der Waals surface area contributed by atoms with E-state index in [9.17, 15) is 9.90 Å². The Labute approximate surface area is 286 Å². The molecule has 9 nitrogen and oxygen atoms in total. The number of aromatic nitrogens is 4. The van der Waals surface area contributed by atoms with E-state index < -0.39 is 5.97 Å². The maximum Gasteiger partial charge on any atom is 0.306 e. The monoisotopic (exact) mass is 653 g/mol. The number of fused-ring (bicyclic) bond motifs is 1. The summed E-state index contributed by atoms with van der Waals surface area (Å²) >= 11 is 0. The van der Waals surface area contributed by atoms with Crippen LogP contribution in [0.4, 0.5) is 5.82 Å². The topological polar surface area (TPSA) is 108 Å². The van der Waals surface area contributed by atoms with Gasteiger partial charge >= 0.3 is 5.97 Å². The molecule has 1 aliphatic heterocycles. The molecule has 3 atom stereocenters. The summed E-state index contributed by atoms with van der Waals surface area (Å²) in [5.74, 6) is 2.75. The zero-order valence-electron chi connectivity index (χ0n) is 28.8. The largest absolute Gasteiger partial charge is 0.481 e. The van der Waals surface area contributed by atoms with Crippen molar-refractivity contribution in [2.45, 2.75) is 121 Å². The highest BCUT2D eigenvalue weighted by atomic mass is 16.4. The number of anilines is 1. The Kier molecular flexibility index (Phi) is 10.7. The molecule has 48 heavy (non-hydrogen) atoms. The summed E-state index contributed by atoms with van der Waals surface area (Å²) in [6.45, 7) is 7.12. The van der Waals surface area contributed by atoms with E-state index in [0.717, 1.165) is 95.1 Å². The number of hydrogen-bond donors (Lipinski definition) is 3. The van der Waals surface area contributed by atoms with Crippen molar-refractivity contribution in [3.63, 3.8) is 0 Å². The van der Waals surface area contributed by atoms with Gasteiger partial charge in [0, 0.05) is 42.1 Å². The van der Waals surface area contributed by atoms with E-state index in [2.05, 4.69) is 69.9 Å². The fraction of sp³-hybridized carbons (Fsp3) is 0.641. The number of carbonyl (C=O) groups is 1. The van der Waals surface area contributed by atoms with Gasteiger partial charge in [0.25, 0.3) is 0 Å². The van der Waals surface area contributed by atoms with Crippen molar-refractivity contribution in [3.8, 4) is 0 Å². The smallest absolute Gasteiger partial charge is 0.306 e. The zero-order chi connectivity index (χ0) is 32.9. The Bertz CT molecular complexity index is 1490. The van der Waals surface area contributed by atoms with Crippen molar-refractivity contribution in [2.24, 2.45) is 17.8 Å². The highest BCUT2D eigenvalue weighted by Gasteiger charge is 2.31. The Hall–Kier alpha value is -3.30. The first-order valence-corrected chi connectivity index (χ1v) is 18.9. The van der Waals surface area contributed by atoms with Crippen LogP contribution in [0.1, 0.15) is 118 Å². The van der Waals surface area contributed by atoms with Crippen LogP contribution >= 0.6 is 0 Å². The van der Waals surface area contributed by atoms with E-state index in [1.807, 2.05) is 0 Å². The average molecular weight is 654 g/mol. The molecule has 3 N–H and O–H groups in total. The summed E-state index contributed by atoms with van der Waals surface area (Å²) in [5, 5.41) is 22.1. The summed E-state index contributed by atoms with van der Waals surface area (Å²) < 4.78 is 2.16. The minimum absolute atomic E-state index is 0.0979. The number of likely N-dealkylation sites (tertiary alicyclic amines) is 1. The molecule has 1 saturated heterocycles. The number of carboxylic acid groups (broad SMARTS) is 1. The van der Waals surface area contributed by atoms with Crippen molar-refractivity contribution < 1.29 is 9.90 Å². The van der Waals surface area contributed by atoms with E-state index >= 15 is 0 Å². The van der Waals surface area contributed by atoms with E-state index in [1.54, 1.807) is 0 Å². The number of nitrogens with zero attached hydrogens (tertiary/aromatic N) is 5. The fourth-order valence-electron chi connectivity index (χ4n) is 8.53. The third kappa shape index (κ3) is 8.28. The Morgan fingerprint density at radius 3 is 2.52 bits per heavy atom. The summed E-state index contributed by atoms with van der Waals surface area (Å²) in [7, 11) is 0. The molecule has 1 aromatic carbocycles. The standard InChI is InChI=1S/C39H55N7O2/c1-2-34(29-13-15-30(16-14-29)39(47)48)40-23-37-42-35-18-17-31(28-9-5-3-6-10-28)21-33(35)38(44-37)43-36(26-45-19-7-4-8-20-45)32-22-41-46(25-32)24-27-11-12-27/h3,5-6,9-10,22,25,27,29-31,34,36,40H,2,4,7-8,11-21,23-24,26H2,1H3,(H,47,48)(H,42,43,44)/t29?,30?,31-,34-,36+/m1/s1. The van der Waals surface area contributed by atoms with Crippen molar-refractivity contribution in [3.05, 3.63) is 70.9 Å². The maximum atomic E-state index is 11.5. The second-order valence-electron chi connectivity index (χ2n) is 15.1. The van der Waals surface area contributed by atoms with Gasteiger partial charge in [0.05, 0.1) is 24.7 Å². The number of carboxylic acids is 1. The van der Waals surface area contributed by atoms with E-state index in [-0.39, 0.29) is 12.0 Å². The number of aryl methyl sites for hydroxylation is 1. The number of piperidine rings is 1. The second-order valence-corrected chi connectivity index (χ2v) is 15.1. The van der Waals surface area contributed by atoms with Crippen LogP contribution < -0.4 is 10.6 Å². The first-order chi connectivity index (χ1) is 23.5. The quantitative estimate of drug-likeness (QED) is 0.175. The molecule has 2 aromatic heterocycles. The number of rotatable bonds is 14. The first kappa shape index (κ1) is 33.2. The highest BCUT2D eigenvalue weighted by Crippen LogP contribution is 2.37. The van der Waals surface area contributed by atoms with Gasteiger partial charge in [0.15, 0.2) is 0 Å². The molecule has 3 aromatic rings. The number of benzene rings is 1. The van der Waals surface area contributed by atoms with Gasteiger partial charge in [-0.3, -0.25) is 9.48 Å². The molecule has 3 fully saturated rings. The van der Waals surface area contributed by atoms with Gasteiger partial charge in [-0.25, -0.2) is 9.97 Å². The third-order valence-corrected chi connectivity index (χ3v) is 11.6. The van der Waals surface area contributed by atoms with Crippen LogP contribution in [0.2, 0.25) is 0 Å². The van der Waals surface area contributed by atoms with Gasteiger partial charge in [-0.15, -0.1) is 0 Å². The van der Waals surface area contributed by atoms with Gasteiger partial charge in [0.2, 0.25) is 0 Å². The highest BCUT2D eigenvalue weighted by molar-refractivity contribution is 5.70. The Morgan fingerprint density at radius 1 is 1.00 bits per heavy atom. The van der Waals surface area contributed by atoms with E-state index in [1.165, 1.54) is 54.5 Å². The van der Waals surface area contributed by atoms with Gasteiger partial charge in [-0.05, 0) is 113 Å². The average Bonchev–Trinajstić information content (AvgIpc) is 3.82. The SMILES string of the molecule is CC[C@@H](NCc1nc2c(c(N[C@@H](CN3CCCCC3)c3cnn(CC4CC4)c3)n1)C[C@H](c1ccccc1)CC2)C1CCC(C(=O)O)CC1. The number of aliphatic carboxylic acids is 1. The van der Waals surface area contributed by atoms with Gasteiger partial charge < -0.3 is 20.6 Å². The van der Waals surface area contributed by atoms with E-state index in [0.29, 0.717) is 24.4 Å². The molecular formula is C39H55N7O2. The lowest BCUT2D eigenvalue weighted by Gasteiger charge is -2.33. The summed E-state index contributed by atoms with van der Waals surface area (Å²) in [6, 6.07) is 11.4. The van der Waals surface area contributed by atoms with Crippen LogP contribution in [0, 0.1) is 17.8 Å². The molecule has 2 saturated carbocycles. The minimum Gasteiger partial charge on any atom is -0.481 e. The lowest BCUT2D eigenvalue weighted by molar-refractivity contribution is -0.143. The third-order valence-electron chi connectivity index (χ3n) is 11.6. The predicted molar refractivity (Wildman–Crippen MR) is 189 cm³/mol. The molecule has 0 unspecified atom stereocenters. The summed E-state index contributed by atoms with van der Waals surface area (Å²) in [4.78, 5) is 24.7. The van der Waals surface area contributed by atoms with Gasteiger partial charge in [0.1, 0.15) is 11.6 Å². The summed E-state index contributed by atoms with van der Waals surface area (Å²) in [6.07, 6.45) is 18.3. The van der Waals surface area contributed by atoms with Crippen molar-refractivity contribution in [1.82, 2.24) is 30.0 Å².